The lowest BCUT2D eigenvalue weighted by atomic mass is 10.0. The number of amides is 3. The minimum atomic E-state index is -1.42. The van der Waals surface area contributed by atoms with Gasteiger partial charge < -0.3 is 19.7 Å². The number of ether oxygens (including phenoxy) is 2. The van der Waals surface area contributed by atoms with E-state index in [9.17, 15) is 14.4 Å². The second kappa shape index (κ2) is 8.78. The van der Waals surface area contributed by atoms with Gasteiger partial charge in [0, 0.05) is 19.4 Å². The summed E-state index contributed by atoms with van der Waals surface area (Å²) in [6, 6.07) is 12.9. The Morgan fingerprint density at radius 2 is 1.88 bits per heavy atom. The van der Waals surface area contributed by atoms with Gasteiger partial charge in [0.2, 0.25) is 16.7 Å². The molecule has 2 aromatic carbocycles. The molecule has 0 radical (unpaired) electrons. The van der Waals surface area contributed by atoms with E-state index >= 15 is 0 Å². The Hall–Kier alpha value is -3.53. The Bertz CT molecular complexity index is 1170. The minimum Gasteiger partial charge on any atom is -0.493 e. The molecule has 0 aliphatic carbocycles. The number of benzene rings is 2. The second-order valence-corrected chi connectivity index (χ2v) is 8.82. The first-order valence-corrected chi connectivity index (χ1v) is 11.1. The Kier molecular flexibility index (Phi) is 6.03. The number of thioether (sulfide) groups is 1. The number of fused-ring (bicyclic) bond motifs is 2. The number of anilines is 1. The van der Waals surface area contributed by atoms with Crippen molar-refractivity contribution in [2.75, 3.05) is 25.2 Å². The monoisotopic (exact) mass is 468 g/mol. The molecule has 33 heavy (non-hydrogen) atoms. The van der Waals surface area contributed by atoms with Crippen LogP contribution in [0.25, 0.3) is 0 Å². The number of rotatable bonds is 5. The number of amidine groups is 1. The number of nitrogens with one attached hydrogen (secondary N) is 1. The smallest absolute Gasteiger partial charge is 0.270 e. The van der Waals surface area contributed by atoms with E-state index in [0.717, 1.165) is 22.3 Å². The molecule has 1 N–H and O–H groups in total. The predicted molar refractivity (Wildman–Crippen MR) is 125 cm³/mol. The fourth-order valence-electron chi connectivity index (χ4n) is 3.93. The van der Waals surface area contributed by atoms with Crippen LogP contribution in [-0.4, -0.2) is 48.2 Å². The molecule has 1 unspecified atom stereocenters. The van der Waals surface area contributed by atoms with Crippen LogP contribution < -0.4 is 19.7 Å². The maximum Gasteiger partial charge on any atom is 0.270 e. The maximum absolute atomic E-state index is 13.9. The molecule has 2 aliphatic rings. The number of nitrogens with zero attached hydrogens (tertiary/aromatic N) is 3. The van der Waals surface area contributed by atoms with E-state index in [2.05, 4.69) is 10.4 Å². The summed E-state index contributed by atoms with van der Waals surface area (Å²) in [5.41, 5.74) is 2.26. The van der Waals surface area contributed by atoms with Crippen molar-refractivity contribution in [3.8, 4) is 11.5 Å². The van der Waals surface area contributed by atoms with Crippen molar-refractivity contribution in [1.82, 2.24) is 10.3 Å². The van der Waals surface area contributed by atoms with Crippen LogP contribution in [0.3, 0.4) is 0 Å². The number of hydrogen-bond acceptors (Lipinski definition) is 7. The third kappa shape index (κ3) is 3.91. The summed E-state index contributed by atoms with van der Waals surface area (Å²) in [5, 5.41) is 8.23. The van der Waals surface area contributed by atoms with E-state index in [1.54, 1.807) is 24.1 Å². The van der Waals surface area contributed by atoms with Crippen LogP contribution in [0.15, 0.2) is 47.6 Å². The molecule has 1 atom stereocenters. The zero-order valence-corrected chi connectivity index (χ0v) is 19.6. The second-order valence-electron chi connectivity index (χ2n) is 7.64. The fourth-order valence-corrected chi connectivity index (χ4v) is 5.26. The molecule has 0 bridgehead atoms. The Morgan fingerprint density at radius 1 is 1.15 bits per heavy atom. The average molecular weight is 469 g/mol. The van der Waals surface area contributed by atoms with E-state index in [4.69, 9.17) is 9.47 Å². The van der Waals surface area contributed by atoms with Gasteiger partial charge in [0.15, 0.2) is 16.7 Å². The van der Waals surface area contributed by atoms with Crippen molar-refractivity contribution < 1.29 is 23.9 Å². The van der Waals surface area contributed by atoms with E-state index in [1.165, 1.54) is 13.8 Å². The quantitative estimate of drug-likeness (QED) is 0.724. The highest BCUT2D eigenvalue weighted by Gasteiger charge is 2.61. The summed E-state index contributed by atoms with van der Waals surface area (Å²) in [6.07, 6.45) is 0. The van der Waals surface area contributed by atoms with E-state index in [0.29, 0.717) is 22.7 Å². The van der Waals surface area contributed by atoms with Crippen molar-refractivity contribution in [3.63, 3.8) is 0 Å². The number of methoxy groups -OCH3 is 1. The predicted octanol–water partition coefficient (Wildman–Crippen LogP) is 2.58. The van der Waals surface area contributed by atoms with Crippen LogP contribution in [0, 0.1) is 6.92 Å². The molecule has 0 saturated heterocycles. The zero-order valence-electron chi connectivity index (χ0n) is 18.7. The van der Waals surface area contributed by atoms with Crippen molar-refractivity contribution >= 4 is 40.3 Å². The van der Waals surface area contributed by atoms with E-state index in [1.807, 2.05) is 37.3 Å². The van der Waals surface area contributed by atoms with Gasteiger partial charge in [-0.15, -0.1) is 5.10 Å². The largest absolute Gasteiger partial charge is 0.493 e. The van der Waals surface area contributed by atoms with Crippen molar-refractivity contribution in [2.45, 2.75) is 25.6 Å². The minimum absolute atomic E-state index is 0.200. The van der Waals surface area contributed by atoms with Gasteiger partial charge in [-0.05, 0) is 36.9 Å². The first-order valence-electron chi connectivity index (χ1n) is 10.3. The number of para-hydroxylation sites is 2. The number of aryl methyl sites for hydroxylation is 1. The molecule has 3 amide bonds. The van der Waals surface area contributed by atoms with Gasteiger partial charge in [-0.3, -0.25) is 14.4 Å². The SMILES string of the molecule is COc1ccccc1OCCN1C(=O)C2(SC(NC(C)=O)=NN2C(C)=O)c2cc(C)ccc21. The van der Waals surface area contributed by atoms with Crippen LogP contribution in [0.4, 0.5) is 5.69 Å². The van der Waals surface area contributed by atoms with Crippen LogP contribution in [0.5, 0.6) is 11.5 Å². The van der Waals surface area contributed by atoms with Gasteiger partial charge in [-0.1, -0.05) is 29.8 Å². The zero-order chi connectivity index (χ0) is 23.8. The third-order valence-corrected chi connectivity index (χ3v) is 6.54. The summed E-state index contributed by atoms with van der Waals surface area (Å²) in [5.74, 6) is 0.105. The van der Waals surface area contributed by atoms with E-state index in [-0.39, 0.29) is 30.1 Å². The Balaban J connectivity index is 1.66. The topological polar surface area (TPSA) is 101 Å². The first-order chi connectivity index (χ1) is 15.8. The highest BCUT2D eigenvalue weighted by Crippen LogP contribution is 2.54. The average Bonchev–Trinajstić information content (AvgIpc) is 3.26. The van der Waals surface area contributed by atoms with Gasteiger partial charge in [-0.25, -0.2) is 0 Å². The summed E-state index contributed by atoms with van der Waals surface area (Å²) >= 11 is 1.06. The molecule has 10 heteroatoms. The Labute approximate surface area is 195 Å². The summed E-state index contributed by atoms with van der Waals surface area (Å²) in [6.45, 7) is 5.07. The van der Waals surface area contributed by atoms with Crippen molar-refractivity contribution in [2.24, 2.45) is 5.10 Å². The maximum atomic E-state index is 13.9. The highest BCUT2D eigenvalue weighted by atomic mass is 32.2. The van der Waals surface area contributed by atoms with E-state index < -0.39 is 10.8 Å². The molecule has 0 saturated carbocycles. The summed E-state index contributed by atoms with van der Waals surface area (Å²) < 4.78 is 11.2. The third-order valence-electron chi connectivity index (χ3n) is 5.30. The van der Waals surface area contributed by atoms with Crippen molar-refractivity contribution in [1.29, 1.82) is 0 Å². The van der Waals surface area contributed by atoms with Gasteiger partial charge in [0.25, 0.3) is 5.91 Å². The molecule has 1 spiro atoms. The van der Waals surface area contributed by atoms with Crippen LogP contribution in [-0.2, 0) is 19.3 Å². The Morgan fingerprint density at radius 3 is 2.55 bits per heavy atom. The number of hydrogen-bond donors (Lipinski definition) is 1. The molecule has 2 heterocycles. The molecule has 9 nitrogen and oxygen atoms in total. The lowest BCUT2D eigenvalue weighted by Crippen LogP contribution is -2.49. The number of hydrazone groups is 1. The molecule has 4 rings (SSSR count). The van der Waals surface area contributed by atoms with Crippen LogP contribution >= 0.6 is 11.8 Å². The van der Waals surface area contributed by atoms with Crippen LogP contribution in [0.2, 0.25) is 0 Å². The fraction of sp³-hybridized carbons (Fsp3) is 0.304. The van der Waals surface area contributed by atoms with Gasteiger partial charge in [0.05, 0.1) is 19.3 Å². The number of carbonyl (C=O) groups excluding carboxylic acids is 3. The number of carbonyl (C=O) groups is 3. The normalized spacial score (nSPS) is 18.9. The molecule has 2 aliphatic heterocycles. The van der Waals surface area contributed by atoms with Gasteiger partial charge >= 0.3 is 0 Å². The van der Waals surface area contributed by atoms with Gasteiger partial charge in [-0.2, -0.15) is 5.01 Å². The summed E-state index contributed by atoms with van der Waals surface area (Å²) in [7, 11) is 1.56. The molecule has 0 aromatic heterocycles. The van der Waals surface area contributed by atoms with Gasteiger partial charge in [0.1, 0.15) is 6.61 Å². The molecule has 172 valence electrons. The molecule has 0 fully saturated rings. The molecular formula is C23H24N4O5S. The molecule has 2 aromatic rings. The lowest BCUT2D eigenvalue weighted by molar-refractivity contribution is -0.139. The van der Waals surface area contributed by atoms with Crippen molar-refractivity contribution in [3.05, 3.63) is 53.6 Å². The standard InChI is InChI=1S/C23H24N4O5S/c1-14-9-10-18-17(13-14)23(27(16(3)29)25-22(33-23)24-15(2)28)21(30)26(18)11-12-32-20-8-6-5-7-19(20)31-4/h5-10,13H,11-12H2,1-4H3,(H,24,25,28). The summed E-state index contributed by atoms with van der Waals surface area (Å²) in [4.78, 5) is 38.2. The molecular weight excluding hydrogens is 444 g/mol. The lowest BCUT2D eigenvalue weighted by Gasteiger charge is -2.29. The first kappa shape index (κ1) is 22.7. The highest BCUT2D eigenvalue weighted by molar-refractivity contribution is 8.15. The van der Waals surface area contributed by atoms with Crippen LogP contribution in [0.1, 0.15) is 25.0 Å².